The molecule has 16 heavy (non-hydrogen) atoms. The Bertz CT molecular complexity index is 337. The van der Waals surface area contributed by atoms with Crippen LogP contribution in [0, 0.1) is 5.41 Å². The number of aliphatic hydroxyl groups excluding tert-OH is 1. The molecular weight excluding hydrogens is 200 g/mol. The zero-order valence-corrected chi connectivity index (χ0v) is 10.7. The van der Waals surface area contributed by atoms with Crippen LogP contribution in [0.3, 0.4) is 0 Å². The summed E-state index contributed by atoms with van der Waals surface area (Å²) >= 11 is 0. The maximum atomic E-state index is 9.01. The first-order valence-electron chi connectivity index (χ1n) is 5.73. The summed E-state index contributed by atoms with van der Waals surface area (Å²) in [5, 5.41) is 9.01. The number of rotatable bonds is 4. The molecule has 0 saturated heterocycles. The molecule has 2 nitrogen and oxygen atoms in total. The third-order valence-electron chi connectivity index (χ3n) is 2.46. The monoisotopic (exact) mass is 222 g/mol. The number of hydrogen-bond acceptors (Lipinski definition) is 2. The van der Waals surface area contributed by atoms with Crippen molar-refractivity contribution in [2.45, 2.75) is 33.6 Å². The molecule has 1 aromatic rings. The van der Waals surface area contributed by atoms with Crippen LogP contribution in [-0.2, 0) is 12.8 Å². The van der Waals surface area contributed by atoms with Crippen molar-refractivity contribution < 1.29 is 9.84 Å². The highest BCUT2D eigenvalue weighted by atomic mass is 16.5. The molecule has 0 spiro atoms. The first kappa shape index (κ1) is 13.0. The number of methoxy groups -OCH3 is 1. The molecular formula is C14H22O2. The van der Waals surface area contributed by atoms with Gasteiger partial charge in [-0.3, -0.25) is 0 Å². The number of benzene rings is 1. The lowest BCUT2D eigenvalue weighted by Gasteiger charge is -2.19. The predicted molar refractivity (Wildman–Crippen MR) is 66.9 cm³/mol. The second-order valence-corrected chi connectivity index (χ2v) is 5.36. The van der Waals surface area contributed by atoms with E-state index in [1.807, 2.05) is 6.07 Å². The van der Waals surface area contributed by atoms with E-state index in [2.05, 4.69) is 32.9 Å². The van der Waals surface area contributed by atoms with Crippen LogP contribution in [0.25, 0.3) is 0 Å². The molecule has 2 heteroatoms. The van der Waals surface area contributed by atoms with Crippen LogP contribution >= 0.6 is 0 Å². The lowest BCUT2D eigenvalue weighted by atomic mass is 9.87. The normalized spacial score (nSPS) is 11.6. The smallest absolute Gasteiger partial charge is 0.122 e. The van der Waals surface area contributed by atoms with E-state index < -0.39 is 0 Å². The molecule has 0 aliphatic carbocycles. The molecule has 0 radical (unpaired) electrons. The number of ether oxygens (including phenoxy) is 1. The lowest BCUT2D eigenvalue weighted by Crippen LogP contribution is -2.09. The van der Waals surface area contributed by atoms with Crippen molar-refractivity contribution in [3.63, 3.8) is 0 Å². The Labute approximate surface area is 98.3 Å². The van der Waals surface area contributed by atoms with E-state index in [4.69, 9.17) is 9.84 Å². The van der Waals surface area contributed by atoms with E-state index in [0.717, 1.165) is 17.7 Å². The lowest BCUT2D eigenvalue weighted by molar-refractivity contribution is 0.296. The minimum Gasteiger partial charge on any atom is -0.496 e. The second-order valence-electron chi connectivity index (χ2n) is 5.36. The third kappa shape index (κ3) is 3.86. The standard InChI is InChI=1S/C14H22O2/c1-14(2,3)10-11-5-6-13(16-4)12(9-11)7-8-15/h5-6,9,15H,7-8,10H2,1-4H3. The summed E-state index contributed by atoms with van der Waals surface area (Å²) < 4.78 is 5.27. The molecule has 0 saturated carbocycles. The van der Waals surface area contributed by atoms with Gasteiger partial charge in [0.25, 0.3) is 0 Å². The summed E-state index contributed by atoms with van der Waals surface area (Å²) in [5.74, 6) is 0.867. The highest BCUT2D eigenvalue weighted by Crippen LogP contribution is 2.25. The van der Waals surface area contributed by atoms with Crippen LogP contribution in [-0.4, -0.2) is 18.8 Å². The average Bonchev–Trinajstić information content (AvgIpc) is 2.16. The van der Waals surface area contributed by atoms with Crippen LogP contribution in [0.15, 0.2) is 18.2 Å². The van der Waals surface area contributed by atoms with Gasteiger partial charge in [0, 0.05) is 6.61 Å². The van der Waals surface area contributed by atoms with E-state index in [1.54, 1.807) is 7.11 Å². The third-order valence-corrected chi connectivity index (χ3v) is 2.46. The van der Waals surface area contributed by atoms with Gasteiger partial charge in [0.2, 0.25) is 0 Å². The molecule has 0 unspecified atom stereocenters. The second kappa shape index (κ2) is 5.35. The Morgan fingerprint density at radius 1 is 1.25 bits per heavy atom. The molecule has 0 aromatic heterocycles. The van der Waals surface area contributed by atoms with Gasteiger partial charge < -0.3 is 9.84 Å². The Kier molecular flexibility index (Phi) is 4.36. The molecule has 0 aliphatic rings. The minimum atomic E-state index is 0.162. The van der Waals surface area contributed by atoms with Crippen molar-refractivity contribution in [3.05, 3.63) is 29.3 Å². The van der Waals surface area contributed by atoms with Gasteiger partial charge in [0.15, 0.2) is 0 Å². The van der Waals surface area contributed by atoms with Crippen LogP contribution in [0.5, 0.6) is 5.75 Å². The molecule has 0 atom stereocenters. The van der Waals surface area contributed by atoms with Crippen molar-refractivity contribution in [2.75, 3.05) is 13.7 Å². The molecule has 1 aromatic carbocycles. The Balaban J connectivity index is 2.93. The quantitative estimate of drug-likeness (QED) is 0.849. The van der Waals surface area contributed by atoms with Crippen molar-refractivity contribution in [1.82, 2.24) is 0 Å². The van der Waals surface area contributed by atoms with Gasteiger partial charge in [-0.2, -0.15) is 0 Å². The van der Waals surface area contributed by atoms with Crippen molar-refractivity contribution in [2.24, 2.45) is 5.41 Å². The van der Waals surface area contributed by atoms with Crippen molar-refractivity contribution >= 4 is 0 Å². The number of hydrogen-bond donors (Lipinski definition) is 1. The molecule has 0 heterocycles. The molecule has 0 aliphatic heterocycles. The van der Waals surface area contributed by atoms with E-state index >= 15 is 0 Å². The van der Waals surface area contributed by atoms with Crippen LogP contribution in [0.4, 0.5) is 0 Å². The van der Waals surface area contributed by atoms with Crippen LogP contribution in [0.2, 0.25) is 0 Å². The molecule has 1 rings (SSSR count). The van der Waals surface area contributed by atoms with Crippen molar-refractivity contribution in [3.8, 4) is 5.75 Å². The molecule has 0 amide bonds. The van der Waals surface area contributed by atoms with Gasteiger partial charge in [-0.15, -0.1) is 0 Å². The number of aliphatic hydroxyl groups is 1. The molecule has 0 fully saturated rings. The SMILES string of the molecule is COc1ccc(CC(C)(C)C)cc1CCO. The summed E-state index contributed by atoms with van der Waals surface area (Å²) in [4.78, 5) is 0. The van der Waals surface area contributed by atoms with E-state index in [-0.39, 0.29) is 12.0 Å². The zero-order valence-electron chi connectivity index (χ0n) is 10.7. The Hall–Kier alpha value is -1.02. The molecule has 1 N–H and O–H groups in total. The van der Waals surface area contributed by atoms with Crippen LogP contribution < -0.4 is 4.74 Å². The van der Waals surface area contributed by atoms with Crippen molar-refractivity contribution in [1.29, 1.82) is 0 Å². The average molecular weight is 222 g/mol. The van der Waals surface area contributed by atoms with Gasteiger partial charge in [-0.25, -0.2) is 0 Å². The molecule has 90 valence electrons. The fraction of sp³-hybridized carbons (Fsp3) is 0.571. The first-order valence-corrected chi connectivity index (χ1v) is 5.73. The fourth-order valence-corrected chi connectivity index (χ4v) is 1.87. The summed E-state index contributed by atoms with van der Waals surface area (Å²) in [5.41, 5.74) is 2.67. The van der Waals surface area contributed by atoms with Crippen LogP contribution in [0.1, 0.15) is 31.9 Å². The van der Waals surface area contributed by atoms with Gasteiger partial charge in [-0.1, -0.05) is 32.9 Å². The molecule has 0 bridgehead atoms. The maximum Gasteiger partial charge on any atom is 0.122 e. The maximum absolute atomic E-state index is 9.01. The Morgan fingerprint density at radius 3 is 2.44 bits per heavy atom. The Morgan fingerprint density at radius 2 is 1.94 bits per heavy atom. The summed E-state index contributed by atoms with van der Waals surface area (Å²) in [6, 6.07) is 6.23. The highest BCUT2D eigenvalue weighted by Gasteiger charge is 2.12. The van der Waals surface area contributed by atoms with Gasteiger partial charge in [-0.05, 0) is 35.4 Å². The van der Waals surface area contributed by atoms with E-state index in [1.165, 1.54) is 5.56 Å². The van der Waals surface area contributed by atoms with Gasteiger partial charge in [0.1, 0.15) is 5.75 Å². The summed E-state index contributed by atoms with van der Waals surface area (Å²) in [7, 11) is 1.67. The topological polar surface area (TPSA) is 29.5 Å². The first-order chi connectivity index (χ1) is 7.46. The van der Waals surface area contributed by atoms with Gasteiger partial charge in [0.05, 0.1) is 7.11 Å². The fourth-order valence-electron chi connectivity index (χ4n) is 1.87. The summed E-state index contributed by atoms with van der Waals surface area (Å²) in [6.45, 7) is 6.84. The zero-order chi connectivity index (χ0) is 12.2. The predicted octanol–water partition coefficient (Wildman–Crippen LogP) is 2.82. The summed E-state index contributed by atoms with van der Waals surface area (Å²) in [6.07, 6.45) is 1.69. The minimum absolute atomic E-state index is 0.162. The van der Waals surface area contributed by atoms with E-state index in [0.29, 0.717) is 6.42 Å². The van der Waals surface area contributed by atoms with Gasteiger partial charge >= 0.3 is 0 Å². The van der Waals surface area contributed by atoms with E-state index in [9.17, 15) is 0 Å². The largest absolute Gasteiger partial charge is 0.496 e. The highest BCUT2D eigenvalue weighted by molar-refractivity contribution is 5.37.